The maximum absolute atomic E-state index is 12.3. The monoisotopic (exact) mass is 368 g/mol. The Kier molecular flexibility index (Phi) is 4.14. The van der Waals surface area contributed by atoms with Crippen LogP contribution in [0.15, 0.2) is 51.5 Å². The minimum atomic E-state index is -0.104. The Bertz CT molecular complexity index is 572. The second-order valence-corrected chi connectivity index (χ2v) is 5.45. The van der Waals surface area contributed by atoms with Crippen molar-refractivity contribution in [3.8, 4) is 0 Å². The predicted molar refractivity (Wildman–Crippen MR) is 78.8 cm³/mol. The van der Waals surface area contributed by atoms with Crippen LogP contribution in [0.3, 0.4) is 0 Å². The third kappa shape index (κ3) is 2.79. The number of hydrogen-bond donors (Lipinski definition) is 0. The van der Waals surface area contributed by atoms with E-state index in [2.05, 4.69) is 36.8 Å². The molecule has 0 aliphatic rings. The van der Waals surface area contributed by atoms with Gasteiger partial charge >= 0.3 is 0 Å². The van der Waals surface area contributed by atoms with Gasteiger partial charge in [0.25, 0.3) is 5.91 Å². The first-order chi connectivity index (χ1) is 8.59. The zero-order chi connectivity index (χ0) is 13.1. The average Bonchev–Trinajstić information content (AvgIpc) is 2.38. The maximum atomic E-state index is 12.3. The summed E-state index contributed by atoms with van der Waals surface area (Å²) in [4.78, 5) is 18.0. The lowest BCUT2D eigenvalue weighted by Gasteiger charge is -2.16. The molecule has 0 N–H and O–H groups in total. The molecule has 0 fully saturated rings. The number of benzene rings is 1. The fraction of sp³-hybridized carbons (Fsp3) is 0.0769. The highest BCUT2D eigenvalue weighted by Gasteiger charge is 2.16. The Morgan fingerprint density at radius 3 is 2.61 bits per heavy atom. The van der Waals surface area contributed by atoms with E-state index in [9.17, 15) is 4.79 Å². The number of carbonyl (C=O) groups is 1. The smallest absolute Gasteiger partial charge is 0.260 e. The van der Waals surface area contributed by atoms with Gasteiger partial charge in [0.1, 0.15) is 5.82 Å². The molecule has 3 nitrogen and oxygen atoms in total. The number of anilines is 1. The molecular weight excluding hydrogens is 360 g/mol. The normalized spacial score (nSPS) is 10.2. The van der Waals surface area contributed by atoms with E-state index in [1.807, 2.05) is 24.3 Å². The van der Waals surface area contributed by atoms with Crippen molar-refractivity contribution in [1.82, 2.24) is 4.98 Å². The van der Waals surface area contributed by atoms with Gasteiger partial charge in [-0.1, -0.05) is 22.0 Å². The number of pyridine rings is 1. The first kappa shape index (κ1) is 13.2. The van der Waals surface area contributed by atoms with Crippen LogP contribution in [0, 0.1) is 0 Å². The largest absolute Gasteiger partial charge is 0.296 e. The van der Waals surface area contributed by atoms with Gasteiger partial charge in [0, 0.05) is 22.2 Å². The molecule has 1 aromatic carbocycles. The molecule has 1 heterocycles. The van der Waals surface area contributed by atoms with Crippen LogP contribution >= 0.6 is 31.9 Å². The molecule has 0 aliphatic carbocycles. The molecule has 1 aromatic heterocycles. The van der Waals surface area contributed by atoms with Crippen LogP contribution in [0.5, 0.6) is 0 Å². The Hall–Kier alpha value is -1.20. The topological polar surface area (TPSA) is 33.2 Å². The third-order valence-corrected chi connectivity index (χ3v) is 3.61. The number of carbonyl (C=O) groups excluding carboxylic acids is 1. The van der Waals surface area contributed by atoms with Crippen LogP contribution < -0.4 is 4.90 Å². The zero-order valence-corrected chi connectivity index (χ0v) is 12.8. The molecule has 0 radical (unpaired) electrons. The van der Waals surface area contributed by atoms with Crippen LogP contribution in [0.4, 0.5) is 5.82 Å². The summed E-state index contributed by atoms with van der Waals surface area (Å²) in [6.07, 6.45) is 1.66. The van der Waals surface area contributed by atoms with Crippen molar-refractivity contribution in [2.24, 2.45) is 0 Å². The summed E-state index contributed by atoms with van der Waals surface area (Å²) in [6.45, 7) is 0. The molecule has 18 heavy (non-hydrogen) atoms. The standard InChI is InChI=1S/C13H10Br2N2O/c1-17(12-4-2-3-7-16-12)13(18)10-6-5-9(14)8-11(10)15/h2-8H,1H3. The molecule has 92 valence electrons. The van der Waals surface area contributed by atoms with Gasteiger partial charge in [0.2, 0.25) is 0 Å². The second-order valence-electron chi connectivity index (χ2n) is 3.68. The highest BCUT2D eigenvalue weighted by atomic mass is 79.9. The van der Waals surface area contributed by atoms with E-state index >= 15 is 0 Å². The average molecular weight is 370 g/mol. The minimum absolute atomic E-state index is 0.104. The van der Waals surface area contributed by atoms with Crippen LogP contribution in [0.25, 0.3) is 0 Å². The number of rotatable bonds is 2. The molecular formula is C13H10Br2N2O. The number of halogens is 2. The van der Waals surface area contributed by atoms with Gasteiger partial charge in [-0.2, -0.15) is 0 Å². The summed E-state index contributed by atoms with van der Waals surface area (Å²) >= 11 is 6.75. The minimum Gasteiger partial charge on any atom is -0.296 e. The van der Waals surface area contributed by atoms with Gasteiger partial charge in [-0.15, -0.1) is 0 Å². The molecule has 0 saturated carbocycles. The molecule has 0 atom stereocenters. The summed E-state index contributed by atoms with van der Waals surface area (Å²) < 4.78 is 1.68. The van der Waals surface area contributed by atoms with E-state index in [1.165, 1.54) is 4.90 Å². The lowest BCUT2D eigenvalue weighted by atomic mass is 10.2. The van der Waals surface area contributed by atoms with Gasteiger partial charge < -0.3 is 0 Å². The molecule has 0 saturated heterocycles. The van der Waals surface area contributed by atoms with Gasteiger partial charge in [-0.3, -0.25) is 9.69 Å². The van der Waals surface area contributed by atoms with Crippen LogP contribution in [0.1, 0.15) is 10.4 Å². The number of aromatic nitrogens is 1. The van der Waals surface area contributed by atoms with Crippen molar-refractivity contribution in [2.45, 2.75) is 0 Å². The summed E-state index contributed by atoms with van der Waals surface area (Å²) in [5.74, 6) is 0.519. The number of hydrogen-bond acceptors (Lipinski definition) is 2. The molecule has 1 amide bonds. The molecule has 2 aromatic rings. The fourth-order valence-electron chi connectivity index (χ4n) is 1.50. The summed E-state index contributed by atoms with van der Waals surface area (Å²) in [5, 5.41) is 0. The van der Waals surface area contributed by atoms with Crippen molar-refractivity contribution < 1.29 is 4.79 Å². The highest BCUT2D eigenvalue weighted by Crippen LogP contribution is 2.24. The van der Waals surface area contributed by atoms with Gasteiger partial charge in [0.15, 0.2) is 0 Å². The quantitative estimate of drug-likeness (QED) is 0.804. The van der Waals surface area contributed by atoms with Crippen molar-refractivity contribution in [3.63, 3.8) is 0 Å². The summed E-state index contributed by atoms with van der Waals surface area (Å²) in [5.41, 5.74) is 0.603. The van der Waals surface area contributed by atoms with Gasteiger partial charge in [-0.05, 0) is 46.3 Å². The van der Waals surface area contributed by atoms with E-state index in [1.54, 1.807) is 25.4 Å². The molecule has 0 spiro atoms. The van der Waals surface area contributed by atoms with Gasteiger partial charge in [-0.25, -0.2) is 4.98 Å². The van der Waals surface area contributed by atoms with E-state index < -0.39 is 0 Å². The first-order valence-electron chi connectivity index (χ1n) is 5.24. The zero-order valence-electron chi connectivity index (χ0n) is 9.60. The fourth-order valence-corrected chi connectivity index (χ4v) is 2.72. The lowest BCUT2D eigenvalue weighted by molar-refractivity contribution is 0.0991. The van der Waals surface area contributed by atoms with Crippen LogP contribution in [-0.2, 0) is 0 Å². The summed E-state index contributed by atoms with van der Waals surface area (Å²) in [6, 6.07) is 10.9. The number of nitrogens with zero attached hydrogens (tertiary/aromatic N) is 2. The lowest BCUT2D eigenvalue weighted by Crippen LogP contribution is -2.27. The second kappa shape index (κ2) is 5.63. The van der Waals surface area contributed by atoms with Crippen molar-refractivity contribution in [1.29, 1.82) is 0 Å². The highest BCUT2D eigenvalue weighted by molar-refractivity contribution is 9.11. The van der Waals surface area contributed by atoms with E-state index in [0.29, 0.717) is 11.4 Å². The predicted octanol–water partition coefficient (Wildman–Crippen LogP) is 3.88. The molecule has 5 heteroatoms. The number of amides is 1. The van der Waals surface area contributed by atoms with Crippen LogP contribution in [-0.4, -0.2) is 17.9 Å². The Labute approximate surface area is 122 Å². The Balaban J connectivity index is 2.32. The SMILES string of the molecule is CN(C(=O)c1ccc(Br)cc1Br)c1ccccn1. The van der Waals surface area contributed by atoms with Crippen molar-refractivity contribution in [3.05, 3.63) is 57.1 Å². The van der Waals surface area contributed by atoms with Crippen molar-refractivity contribution >= 4 is 43.6 Å². The van der Waals surface area contributed by atoms with Crippen LogP contribution in [0.2, 0.25) is 0 Å². The summed E-state index contributed by atoms with van der Waals surface area (Å²) in [7, 11) is 1.71. The Morgan fingerprint density at radius 1 is 1.22 bits per heavy atom. The van der Waals surface area contributed by atoms with E-state index in [0.717, 1.165) is 8.95 Å². The van der Waals surface area contributed by atoms with E-state index in [4.69, 9.17) is 0 Å². The third-order valence-electron chi connectivity index (χ3n) is 2.46. The van der Waals surface area contributed by atoms with Gasteiger partial charge in [0.05, 0.1) is 5.56 Å². The molecule has 0 bridgehead atoms. The first-order valence-corrected chi connectivity index (χ1v) is 6.82. The molecule has 0 unspecified atom stereocenters. The van der Waals surface area contributed by atoms with E-state index in [-0.39, 0.29) is 5.91 Å². The molecule has 2 rings (SSSR count). The maximum Gasteiger partial charge on any atom is 0.260 e. The molecule has 0 aliphatic heterocycles. The van der Waals surface area contributed by atoms with Crippen molar-refractivity contribution in [2.75, 3.05) is 11.9 Å². The Morgan fingerprint density at radius 2 is 2.00 bits per heavy atom.